The minimum atomic E-state index is -0.636. The van der Waals surface area contributed by atoms with Crippen LogP contribution in [0.3, 0.4) is 0 Å². The van der Waals surface area contributed by atoms with Gasteiger partial charge in [0.1, 0.15) is 0 Å². The van der Waals surface area contributed by atoms with Crippen molar-refractivity contribution in [1.82, 2.24) is 0 Å². The molecule has 3 amide bonds. The van der Waals surface area contributed by atoms with Gasteiger partial charge < -0.3 is 16.4 Å². The molecule has 0 fully saturated rings. The number of primary amides is 1. The number of nitrogens with two attached hydrogens (primary N) is 1. The van der Waals surface area contributed by atoms with Gasteiger partial charge in [0.2, 0.25) is 6.41 Å². The number of anilines is 2. The second-order valence-corrected chi connectivity index (χ2v) is 2.33. The maximum Gasteiger partial charge on any atom is 0.316 e. The molecule has 0 saturated heterocycles. The van der Waals surface area contributed by atoms with Crippen LogP contribution in [0.25, 0.3) is 0 Å². The molecule has 5 heteroatoms. The first-order valence-corrected chi connectivity index (χ1v) is 3.59. The molecule has 0 aromatic heterocycles. The molecule has 0 aliphatic carbocycles. The molecule has 4 N–H and O–H groups in total. The van der Waals surface area contributed by atoms with Gasteiger partial charge in [-0.05, 0) is 18.2 Å². The molecule has 1 rings (SSSR count). The summed E-state index contributed by atoms with van der Waals surface area (Å²) >= 11 is 0. The van der Waals surface area contributed by atoms with E-state index >= 15 is 0 Å². The van der Waals surface area contributed by atoms with Crippen molar-refractivity contribution in [2.45, 2.75) is 0 Å². The van der Waals surface area contributed by atoms with Crippen LogP contribution in [-0.2, 0) is 4.79 Å². The highest BCUT2D eigenvalue weighted by molar-refractivity contribution is 5.88. The molecule has 1 aromatic rings. The fourth-order valence-electron chi connectivity index (χ4n) is 0.897. The number of benzene rings is 1. The molecule has 0 radical (unpaired) electrons. The Morgan fingerprint density at radius 2 is 2.08 bits per heavy atom. The van der Waals surface area contributed by atoms with E-state index in [2.05, 4.69) is 10.6 Å². The van der Waals surface area contributed by atoms with Gasteiger partial charge in [-0.1, -0.05) is 6.07 Å². The van der Waals surface area contributed by atoms with Crippen molar-refractivity contribution in [2.24, 2.45) is 5.73 Å². The highest BCUT2D eigenvalue weighted by atomic mass is 16.2. The zero-order valence-corrected chi connectivity index (χ0v) is 6.78. The van der Waals surface area contributed by atoms with Crippen LogP contribution in [-0.4, -0.2) is 12.4 Å². The third-order valence-electron chi connectivity index (χ3n) is 1.36. The minimum Gasteiger partial charge on any atom is -0.351 e. The lowest BCUT2D eigenvalue weighted by Gasteiger charge is -2.03. The molecule has 0 bridgehead atoms. The lowest BCUT2D eigenvalue weighted by atomic mass is 10.3. The van der Waals surface area contributed by atoms with Crippen molar-refractivity contribution >= 4 is 23.8 Å². The first-order chi connectivity index (χ1) is 6.22. The van der Waals surface area contributed by atoms with E-state index in [9.17, 15) is 9.59 Å². The lowest BCUT2D eigenvalue weighted by Crippen LogP contribution is -2.19. The van der Waals surface area contributed by atoms with Crippen LogP contribution in [0.5, 0.6) is 0 Å². The maximum atomic E-state index is 10.5. The van der Waals surface area contributed by atoms with E-state index in [1.54, 1.807) is 24.3 Å². The fraction of sp³-hybridized carbons (Fsp3) is 0. The number of amides is 3. The molecule has 1 aromatic carbocycles. The van der Waals surface area contributed by atoms with Gasteiger partial charge in [0, 0.05) is 11.4 Å². The van der Waals surface area contributed by atoms with Gasteiger partial charge >= 0.3 is 6.03 Å². The average Bonchev–Trinajstić information content (AvgIpc) is 2.04. The monoisotopic (exact) mass is 179 g/mol. The molecule has 0 unspecified atom stereocenters. The van der Waals surface area contributed by atoms with E-state index in [0.29, 0.717) is 17.8 Å². The maximum absolute atomic E-state index is 10.5. The second-order valence-electron chi connectivity index (χ2n) is 2.33. The molecule has 0 spiro atoms. The smallest absolute Gasteiger partial charge is 0.316 e. The van der Waals surface area contributed by atoms with Crippen LogP contribution in [0.1, 0.15) is 0 Å². The van der Waals surface area contributed by atoms with E-state index in [1.807, 2.05) is 0 Å². The number of carbonyl (C=O) groups is 2. The highest BCUT2D eigenvalue weighted by Gasteiger charge is 1.96. The molecule has 0 heterocycles. The molecule has 0 atom stereocenters. The Morgan fingerprint density at radius 3 is 2.69 bits per heavy atom. The van der Waals surface area contributed by atoms with Crippen LogP contribution < -0.4 is 16.4 Å². The van der Waals surface area contributed by atoms with Crippen LogP contribution >= 0.6 is 0 Å². The highest BCUT2D eigenvalue weighted by Crippen LogP contribution is 2.13. The summed E-state index contributed by atoms with van der Waals surface area (Å²) in [5, 5.41) is 4.83. The molecular formula is C8H9N3O2. The number of rotatable bonds is 3. The summed E-state index contributed by atoms with van der Waals surface area (Å²) in [6, 6.07) is 6.01. The van der Waals surface area contributed by atoms with Crippen LogP contribution in [0, 0.1) is 0 Å². The molecule has 0 saturated carbocycles. The number of nitrogens with one attached hydrogen (secondary N) is 2. The average molecular weight is 179 g/mol. The quantitative estimate of drug-likeness (QED) is 0.598. The van der Waals surface area contributed by atoms with E-state index in [-0.39, 0.29) is 0 Å². The van der Waals surface area contributed by atoms with Gasteiger partial charge in [-0.15, -0.1) is 0 Å². The SMILES string of the molecule is NC(=O)Nc1cccc(NC=O)c1. The standard InChI is InChI=1S/C8H9N3O2/c9-8(13)11-7-3-1-2-6(4-7)10-5-12/h1-5H,(H,10,12)(H3,9,11,13). The van der Waals surface area contributed by atoms with Crippen molar-refractivity contribution in [1.29, 1.82) is 0 Å². The summed E-state index contributed by atoms with van der Waals surface area (Å²) in [6.07, 6.45) is 0.559. The zero-order valence-electron chi connectivity index (χ0n) is 6.78. The Balaban J connectivity index is 2.78. The lowest BCUT2D eigenvalue weighted by molar-refractivity contribution is -0.105. The van der Waals surface area contributed by atoms with Crippen molar-refractivity contribution in [2.75, 3.05) is 10.6 Å². The number of hydrogen-bond donors (Lipinski definition) is 3. The minimum absolute atomic E-state index is 0.541. The molecule has 5 nitrogen and oxygen atoms in total. The number of urea groups is 1. The van der Waals surface area contributed by atoms with Gasteiger partial charge in [0.25, 0.3) is 0 Å². The fourth-order valence-corrected chi connectivity index (χ4v) is 0.897. The molecule has 0 aliphatic rings. The Bertz CT molecular complexity index is 325. The first-order valence-electron chi connectivity index (χ1n) is 3.59. The third-order valence-corrected chi connectivity index (χ3v) is 1.36. The number of carbonyl (C=O) groups excluding carboxylic acids is 2. The van der Waals surface area contributed by atoms with Crippen molar-refractivity contribution in [3.63, 3.8) is 0 Å². The van der Waals surface area contributed by atoms with Crippen LogP contribution in [0.15, 0.2) is 24.3 Å². The Labute approximate surface area is 74.9 Å². The normalized spacial score (nSPS) is 8.92. The van der Waals surface area contributed by atoms with Crippen molar-refractivity contribution < 1.29 is 9.59 Å². The molecule has 13 heavy (non-hydrogen) atoms. The van der Waals surface area contributed by atoms with Crippen LogP contribution in [0.2, 0.25) is 0 Å². The van der Waals surface area contributed by atoms with Crippen molar-refractivity contribution in [3.8, 4) is 0 Å². The summed E-state index contributed by atoms with van der Waals surface area (Å²) in [4.78, 5) is 20.5. The topological polar surface area (TPSA) is 84.2 Å². The Morgan fingerprint density at radius 1 is 1.38 bits per heavy atom. The van der Waals surface area contributed by atoms with Gasteiger partial charge in [0.15, 0.2) is 0 Å². The van der Waals surface area contributed by atoms with Gasteiger partial charge in [-0.3, -0.25) is 4.79 Å². The summed E-state index contributed by atoms with van der Waals surface area (Å²) in [6.45, 7) is 0. The number of hydrogen-bond acceptors (Lipinski definition) is 2. The van der Waals surface area contributed by atoms with Crippen LogP contribution in [0.4, 0.5) is 16.2 Å². The van der Waals surface area contributed by atoms with Gasteiger partial charge in [-0.25, -0.2) is 4.79 Å². The zero-order chi connectivity index (χ0) is 9.68. The van der Waals surface area contributed by atoms with E-state index in [1.165, 1.54) is 0 Å². The van der Waals surface area contributed by atoms with E-state index < -0.39 is 6.03 Å². The Kier molecular flexibility index (Phi) is 2.86. The first kappa shape index (κ1) is 9.05. The van der Waals surface area contributed by atoms with E-state index in [4.69, 9.17) is 5.73 Å². The van der Waals surface area contributed by atoms with Crippen molar-refractivity contribution in [3.05, 3.63) is 24.3 Å². The van der Waals surface area contributed by atoms with Gasteiger partial charge in [-0.2, -0.15) is 0 Å². The predicted octanol–water partition coefficient (Wildman–Crippen LogP) is 0.746. The molecule has 0 aliphatic heterocycles. The predicted molar refractivity (Wildman–Crippen MR) is 49.3 cm³/mol. The summed E-state index contributed by atoms with van der Waals surface area (Å²) in [7, 11) is 0. The molecule has 68 valence electrons. The summed E-state index contributed by atoms with van der Waals surface area (Å²) in [5.41, 5.74) is 6.05. The van der Waals surface area contributed by atoms with Gasteiger partial charge in [0.05, 0.1) is 0 Å². The van der Waals surface area contributed by atoms with E-state index in [0.717, 1.165) is 0 Å². The molecular weight excluding hydrogens is 170 g/mol. The second kappa shape index (κ2) is 4.10. The third kappa shape index (κ3) is 2.82. The summed E-state index contributed by atoms with van der Waals surface area (Å²) < 4.78 is 0. The summed E-state index contributed by atoms with van der Waals surface area (Å²) in [5.74, 6) is 0. The Hall–Kier alpha value is -2.04. The largest absolute Gasteiger partial charge is 0.351 e.